The number of aromatic nitrogens is 1. The fourth-order valence-electron chi connectivity index (χ4n) is 0.273. The highest BCUT2D eigenvalue weighted by Crippen LogP contribution is 1.95. The first kappa shape index (κ1) is 10.8. The molecule has 0 aliphatic heterocycles. The Labute approximate surface area is 58.9 Å². The number of hydrogen-bond acceptors (Lipinski definition) is 3. The molecule has 2 nitrogen and oxygen atoms in total. The highest BCUT2D eigenvalue weighted by Gasteiger charge is 1.76. The van der Waals surface area contributed by atoms with Crippen LogP contribution in [-0.4, -0.2) is 4.98 Å². The predicted molar refractivity (Wildman–Crippen MR) is 39.1 cm³/mol. The quantitative estimate of drug-likeness (QED) is 0.619. The number of nitrogens with zero attached hydrogens (tertiary/aromatic N) is 1. The SMILES string of the molecule is Cc1cscn1.Cl.N. The summed E-state index contributed by atoms with van der Waals surface area (Å²) in [5.41, 5.74) is 2.94. The van der Waals surface area contributed by atoms with Gasteiger partial charge in [0.2, 0.25) is 0 Å². The van der Waals surface area contributed by atoms with E-state index >= 15 is 0 Å². The Bertz CT molecular complexity index is 118. The molecule has 0 bridgehead atoms. The van der Waals surface area contributed by atoms with Gasteiger partial charge in [-0.15, -0.1) is 23.7 Å². The molecule has 1 rings (SSSR count). The zero-order valence-corrected chi connectivity index (χ0v) is 6.26. The molecule has 0 aromatic carbocycles. The maximum Gasteiger partial charge on any atom is 0.0794 e. The first-order chi connectivity index (χ1) is 2.89. The molecule has 0 unspecified atom stereocenters. The Balaban J connectivity index is 0. The Morgan fingerprint density at radius 3 is 2.38 bits per heavy atom. The maximum atomic E-state index is 3.94. The summed E-state index contributed by atoms with van der Waals surface area (Å²) in [4.78, 5) is 3.94. The summed E-state index contributed by atoms with van der Waals surface area (Å²) in [5.74, 6) is 0. The van der Waals surface area contributed by atoms with Crippen molar-refractivity contribution in [3.63, 3.8) is 0 Å². The van der Waals surface area contributed by atoms with Crippen molar-refractivity contribution in [2.75, 3.05) is 0 Å². The first-order valence-electron chi connectivity index (χ1n) is 1.74. The molecule has 4 heteroatoms. The van der Waals surface area contributed by atoms with Gasteiger partial charge >= 0.3 is 0 Å². The van der Waals surface area contributed by atoms with Crippen molar-refractivity contribution in [2.45, 2.75) is 6.92 Å². The second-order valence-electron chi connectivity index (χ2n) is 1.13. The fraction of sp³-hybridized carbons (Fsp3) is 0.250. The Hall–Kier alpha value is -0.120. The van der Waals surface area contributed by atoms with E-state index in [9.17, 15) is 0 Å². The third kappa shape index (κ3) is 2.96. The molecule has 8 heavy (non-hydrogen) atoms. The van der Waals surface area contributed by atoms with Crippen LogP contribution in [0.1, 0.15) is 5.69 Å². The number of rotatable bonds is 0. The van der Waals surface area contributed by atoms with Gasteiger partial charge in [-0.3, -0.25) is 4.98 Å². The molecule has 0 aliphatic carbocycles. The molecule has 0 aliphatic rings. The molecule has 0 amide bonds. The Kier molecular flexibility index (Phi) is 6.78. The largest absolute Gasteiger partial charge is 0.344 e. The average molecular weight is 153 g/mol. The molecular weight excluding hydrogens is 144 g/mol. The molecule has 1 aromatic heterocycles. The van der Waals surface area contributed by atoms with Crippen molar-refractivity contribution < 1.29 is 0 Å². The molecule has 48 valence electrons. The third-order valence-corrected chi connectivity index (χ3v) is 1.26. The number of hydrogen-bond donors (Lipinski definition) is 1. The van der Waals surface area contributed by atoms with Crippen molar-refractivity contribution in [3.8, 4) is 0 Å². The zero-order chi connectivity index (χ0) is 4.41. The van der Waals surface area contributed by atoms with Gasteiger partial charge < -0.3 is 6.15 Å². The Morgan fingerprint density at radius 1 is 1.62 bits per heavy atom. The lowest BCUT2D eigenvalue weighted by Gasteiger charge is -1.64. The minimum atomic E-state index is 0. The van der Waals surface area contributed by atoms with Gasteiger partial charge in [0, 0.05) is 11.1 Å². The number of thiazole rings is 1. The van der Waals surface area contributed by atoms with Crippen molar-refractivity contribution >= 4 is 23.7 Å². The van der Waals surface area contributed by atoms with Crippen LogP contribution < -0.4 is 6.15 Å². The van der Waals surface area contributed by atoms with Crippen LogP contribution in [0.4, 0.5) is 0 Å². The fourth-order valence-corrected chi connectivity index (χ4v) is 0.819. The van der Waals surface area contributed by atoms with E-state index in [2.05, 4.69) is 4.98 Å². The van der Waals surface area contributed by atoms with Crippen molar-refractivity contribution in [3.05, 3.63) is 16.6 Å². The van der Waals surface area contributed by atoms with Crippen LogP contribution in [0, 0.1) is 6.92 Å². The minimum Gasteiger partial charge on any atom is -0.344 e. The molecule has 1 heterocycles. The summed E-state index contributed by atoms with van der Waals surface area (Å²) in [6, 6.07) is 0. The Morgan fingerprint density at radius 2 is 2.25 bits per heavy atom. The average Bonchev–Trinajstić information content (AvgIpc) is 1.86. The standard InChI is InChI=1S/C4H5NS.ClH.H3N/c1-4-2-6-3-5-4;;/h2-3H,1H3;1H;1H3. The van der Waals surface area contributed by atoms with Crippen LogP contribution in [0.5, 0.6) is 0 Å². The summed E-state index contributed by atoms with van der Waals surface area (Å²) >= 11 is 1.63. The highest BCUT2D eigenvalue weighted by molar-refractivity contribution is 7.07. The summed E-state index contributed by atoms with van der Waals surface area (Å²) in [6.07, 6.45) is 0. The van der Waals surface area contributed by atoms with Crippen LogP contribution in [0.2, 0.25) is 0 Å². The topological polar surface area (TPSA) is 47.9 Å². The van der Waals surface area contributed by atoms with Gasteiger partial charge in [0.05, 0.1) is 5.51 Å². The lowest BCUT2D eigenvalue weighted by Crippen LogP contribution is -1.59. The maximum absolute atomic E-state index is 3.94. The molecule has 0 saturated heterocycles. The second kappa shape index (κ2) is 5.03. The van der Waals surface area contributed by atoms with E-state index in [1.807, 2.05) is 17.8 Å². The second-order valence-corrected chi connectivity index (χ2v) is 1.85. The number of aryl methyl sites for hydroxylation is 1. The van der Waals surface area contributed by atoms with Gasteiger partial charge in [-0.2, -0.15) is 0 Å². The smallest absolute Gasteiger partial charge is 0.0794 e. The molecule has 3 N–H and O–H groups in total. The summed E-state index contributed by atoms with van der Waals surface area (Å²) in [6.45, 7) is 1.98. The lowest BCUT2D eigenvalue weighted by molar-refractivity contribution is 1.27. The minimum absolute atomic E-state index is 0. The molecular formula is C4H9ClN2S. The molecule has 0 fully saturated rings. The summed E-state index contributed by atoms with van der Waals surface area (Å²) < 4.78 is 0. The first-order valence-corrected chi connectivity index (χ1v) is 2.68. The van der Waals surface area contributed by atoms with E-state index < -0.39 is 0 Å². The van der Waals surface area contributed by atoms with Crippen LogP contribution in [-0.2, 0) is 0 Å². The van der Waals surface area contributed by atoms with Gasteiger partial charge in [-0.1, -0.05) is 0 Å². The van der Waals surface area contributed by atoms with Crippen LogP contribution in [0.15, 0.2) is 10.9 Å². The molecule has 1 aromatic rings. The molecule has 0 atom stereocenters. The third-order valence-electron chi connectivity index (χ3n) is 0.556. The van der Waals surface area contributed by atoms with Gasteiger partial charge in [-0.25, -0.2) is 0 Å². The monoisotopic (exact) mass is 152 g/mol. The van der Waals surface area contributed by atoms with E-state index in [0.717, 1.165) is 5.69 Å². The van der Waals surface area contributed by atoms with Crippen molar-refractivity contribution in [2.24, 2.45) is 0 Å². The van der Waals surface area contributed by atoms with Crippen molar-refractivity contribution in [1.82, 2.24) is 11.1 Å². The van der Waals surface area contributed by atoms with Gasteiger partial charge in [0.15, 0.2) is 0 Å². The van der Waals surface area contributed by atoms with Crippen molar-refractivity contribution in [1.29, 1.82) is 0 Å². The highest BCUT2D eigenvalue weighted by atomic mass is 35.5. The number of halogens is 1. The summed E-state index contributed by atoms with van der Waals surface area (Å²) in [5, 5.41) is 2.01. The van der Waals surface area contributed by atoms with Crippen LogP contribution >= 0.6 is 23.7 Å². The molecule has 0 spiro atoms. The zero-order valence-electron chi connectivity index (χ0n) is 4.63. The van der Waals surface area contributed by atoms with Gasteiger partial charge in [0.25, 0.3) is 0 Å². The molecule has 0 radical (unpaired) electrons. The summed E-state index contributed by atoms with van der Waals surface area (Å²) in [7, 11) is 0. The van der Waals surface area contributed by atoms with E-state index in [0.29, 0.717) is 0 Å². The van der Waals surface area contributed by atoms with E-state index in [1.165, 1.54) is 0 Å². The van der Waals surface area contributed by atoms with Crippen LogP contribution in [0.3, 0.4) is 0 Å². The van der Waals surface area contributed by atoms with Gasteiger partial charge in [0.1, 0.15) is 0 Å². The lowest BCUT2D eigenvalue weighted by atomic mass is 10.6. The molecule has 0 saturated carbocycles. The van der Waals surface area contributed by atoms with Crippen LogP contribution in [0.25, 0.3) is 0 Å². The van der Waals surface area contributed by atoms with E-state index in [4.69, 9.17) is 0 Å². The predicted octanol–water partition coefficient (Wildman–Crippen LogP) is 2.04. The van der Waals surface area contributed by atoms with Gasteiger partial charge in [-0.05, 0) is 6.92 Å². The van der Waals surface area contributed by atoms with E-state index in [1.54, 1.807) is 11.3 Å². The van der Waals surface area contributed by atoms with E-state index in [-0.39, 0.29) is 18.6 Å². The normalized spacial score (nSPS) is 6.62.